The molecule has 0 atom stereocenters. The molecule has 0 saturated heterocycles. The molecule has 0 fully saturated rings. The molecule has 0 aromatic carbocycles. The van der Waals surface area contributed by atoms with Crippen molar-refractivity contribution in [2.45, 2.75) is 0 Å². The number of amides is 1. The van der Waals surface area contributed by atoms with E-state index in [4.69, 9.17) is 17.5 Å². The summed E-state index contributed by atoms with van der Waals surface area (Å²) in [6.45, 7) is 3.09. The Hall–Kier alpha value is -0.920. The first-order chi connectivity index (χ1) is 4.27. The van der Waals surface area contributed by atoms with Gasteiger partial charge in [-0.05, 0) is 6.08 Å². The average molecular weight is 169 g/mol. The van der Waals surface area contributed by atoms with E-state index in [9.17, 15) is 4.79 Å². The van der Waals surface area contributed by atoms with Crippen molar-refractivity contribution in [2.24, 2.45) is 5.73 Å². The van der Waals surface area contributed by atoms with Crippen LogP contribution in [0.1, 0.15) is 0 Å². The van der Waals surface area contributed by atoms with E-state index in [1.54, 1.807) is 0 Å². The molecule has 0 aliphatic carbocycles. The van der Waals surface area contributed by atoms with Gasteiger partial charge >= 0.3 is 10.4 Å². The van der Waals surface area contributed by atoms with Crippen molar-refractivity contribution < 1.29 is 22.3 Å². The van der Waals surface area contributed by atoms with Crippen LogP contribution in [0.3, 0.4) is 0 Å². The summed E-state index contributed by atoms with van der Waals surface area (Å²) in [7, 11) is -4.67. The summed E-state index contributed by atoms with van der Waals surface area (Å²) >= 11 is 0. The van der Waals surface area contributed by atoms with Crippen LogP contribution in [0, 0.1) is 0 Å². The van der Waals surface area contributed by atoms with Gasteiger partial charge in [-0.15, -0.1) is 0 Å². The van der Waals surface area contributed by atoms with Crippen LogP contribution in [0.2, 0.25) is 0 Å². The standard InChI is InChI=1S/C3H5NO.H2O4S/c1-2-3(4)5;1-5(2,3)4/h2H,1H2,(H2,4,5);(H2,1,2,3,4). The second-order valence-electron chi connectivity index (χ2n) is 1.05. The van der Waals surface area contributed by atoms with Gasteiger partial charge in [-0.25, -0.2) is 0 Å². The molecule has 0 saturated carbocycles. The number of carbonyl (C=O) groups is 1. The fraction of sp³-hybridized carbons (Fsp3) is 0. The van der Waals surface area contributed by atoms with Crippen molar-refractivity contribution in [3.05, 3.63) is 12.7 Å². The number of hydrogen-bond donors (Lipinski definition) is 3. The molecular formula is C3H7NO5S. The van der Waals surface area contributed by atoms with Crippen LogP contribution in [0.25, 0.3) is 0 Å². The molecular weight excluding hydrogens is 162 g/mol. The minimum Gasteiger partial charge on any atom is -0.366 e. The smallest absolute Gasteiger partial charge is 0.366 e. The van der Waals surface area contributed by atoms with Gasteiger partial charge in [0, 0.05) is 0 Å². The fourth-order valence-corrected chi connectivity index (χ4v) is 0. The van der Waals surface area contributed by atoms with Gasteiger partial charge in [0.15, 0.2) is 0 Å². The second kappa shape index (κ2) is 4.91. The maximum absolute atomic E-state index is 9.47. The Bertz CT molecular complexity index is 197. The zero-order chi connectivity index (χ0) is 8.78. The van der Waals surface area contributed by atoms with E-state index in [2.05, 4.69) is 12.3 Å². The zero-order valence-electron chi connectivity index (χ0n) is 4.89. The molecule has 60 valence electrons. The topological polar surface area (TPSA) is 118 Å². The Balaban J connectivity index is 0. The third-order valence-corrected chi connectivity index (χ3v) is 0.201. The highest BCUT2D eigenvalue weighted by Gasteiger charge is 1.84. The molecule has 0 unspecified atom stereocenters. The lowest BCUT2D eigenvalue weighted by molar-refractivity contribution is -0.113. The predicted molar refractivity (Wildman–Crippen MR) is 33.6 cm³/mol. The number of rotatable bonds is 1. The number of primary amides is 1. The highest BCUT2D eigenvalue weighted by atomic mass is 32.3. The van der Waals surface area contributed by atoms with E-state index in [1.807, 2.05) is 0 Å². The van der Waals surface area contributed by atoms with Crippen LogP contribution in [0.5, 0.6) is 0 Å². The molecule has 0 bridgehead atoms. The molecule has 0 aromatic rings. The van der Waals surface area contributed by atoms with Crippen molar-refractivity contribution in [1.82, 2.24) is 0 Å². The summed E-state index contributed by atoms with van der Waals surface area (Å²) in [5, 5.41) is 0. The van der Waals surface area contributed by atoms with Crippen LogP contribution in [-0.2, 0) is 15.2 Å². The van der Waals surface area contributed by atoms with Crippen molar-refractivity contribution in [1.29, 1.82) is 0 Å². The Morgan fingerprint density at radius 2 is 1.60 bits per heavy atom. The van der Waals surface area contributed by atoms with Gasteiger partial charge in [-0.2, -0.15) is 8.42 Å². The average Bonchev–Trinajstić information content (AvgIpc) is 1.61. The molecule has 1 amide bonds. The third kappa shape index (κ3) is 224. The van der Waals surface area contributed by atoms with Gasteiger partial charge in [0.2, 0.25) is 5.91 Å². The van der Waals surface area contributed by atoms with Crippen molar-refractivity contribution in [2.75, 3.05) is 0 Å². The Labute approximate surface area is 57.9 Å². The molecule has 6 nitrogen and oxygen atoms in total. The SMILES string of the molecule is C=CC(N)=O.O=S(=O)(O)O. The van der Waals surface area contributed by atoms with Gasteiger partial charge in [0.1, 0.15) is 0 Å². The molecule has 0 aliphatic heterocycles. The largest absolute Gasteiger partial charge is 0.394 e. The van der Waals surface area contributed by atoms with E-state index in [0.29, 0.717) is 0 Å². The lowest BCUT2D eigenvalue weighted by Gasteiger charge is -1.68. The minimum atomic E-state index is -4.67. The van der Waals surface area contributed by atoms with E-state index in [-0.39, 0.29) is 0 Å². The highest BCUT2D eigenvalue weighted by molar-refractivity contribution is 7.79. The zero-order valence-corrected chi connectivity index (χ0v) is 5.71. The van der Waals surface area contributed by atoms with E-state index < -0.39 is 16.3 Å². The Morgan fingerprint density at radius 3 is 1.60 bits per heavy atom. The summed E-state index contributed by atoms with van der Waals surface area (Å²) < 4.78 is 31.6. The Kier molecular flexibility index (Phi) is 5.81. The molecule has 10 heavy (non-hydrogen) atoms. The first-order valence-corrected chi connectivity index (χ1v) is 3.29. The van der Waals surface area contributed by atoms with Crippen LogP contribution < -0.4 is 5.73 Å². The van der Waals surface area contributed by atoms with Gasteiger partial charge in [0.05, 0.1) is 0 Å². The number of hydrogen-bond acceptors (Lipinski definition) is 3. The van der Waals surface area contributed by atoms with Gasteiger partial charge in [0.25, 0.3) is 0 Å². The summed E-state index contributed by atoms with van der Waals surface area (Å²) in [4.78, 5) is 9.47. The molecule has 0 aromatic heterocycles. The fourth-order valence-electron chi connectivity index (χ4n) is 0. The molecule has 7 heteroatoms. The first kappa shape index (κ1) is 11.8. The van der Waals surface area contributed by atoms with Crippen LogP contribution in [0.15, 0.2) is 12.7 Å². The third-order valence-electron chi connectivity index (χ3n) is 0.201. The lowest BCUT2D eigenvalue weighted by Crippen LogP contribution is -2.04. The molecule has 0 rings (SSSR count). The molecule has 4 N–H and O–H groups in total. The summed E-state index contributed by atoms with van der Waals surface area (Å²) in [6, 6.07) is 0. The molecule has 0 aliphatic rings. The maximum atomic E-state index is 9.47. The second-order valence-corrected chi connectivity index (χ2v) is 1.95. The van der Waals surface area contributed by atoms with E-state index >= 15 is 0 Å². The summed E-state index contributed by atoms with van der Waals surface area (Å²) in [5.41, 5.74) is 4.53. The Morgan fingerprint density at radius 1 is 1.50 bits per heavy atom. The quantitative estimate of drug-likeness (QED) is 0.344. The number of nitrogens with two attached hydrogens (primary N) is 1. The summed E-state index contributed by atoms with van der Waals surface area (Å²) in [5.74, 6) is -0.481. The number of carbonyl (C=O) groups excluding carboxylic acids is 1. The molecule has 0 heterocycles. The summed E-state index contributed by atoms with van der Waals surface area (Å²) in [6.07, 6.45) is 1.06. The molecule has 0 radical (unpaired) electrons. The van der Waals surface area contributed by atoms with Crippen molar-refractivity contribution in [3.63, 3.8) is 0 Å². The lowest BCUT2D eigenvalue weighted by atomic mass is 10.6. The molecule has 0 spiro atoms. The maximum Gasteiger partial charge on any atom is 0.394 e. The monoisotopic (exact) mass is 169 g/mol. The van der Waals surface area contributed by atoms with Gasteiger partial charge in [-0.1, -0.05) is 6.58 Å². The highest BCUT2D eigenvalue weighted by Crippen LogP contribution is 1.59. The predicted octanol–water partition coefficient (Wildman–Crippen LogP) is -0.995. The van der Waals surface area contributed by atoms with Crippen LogP contribution in [-0.4, -0.2) is 23.4 Å². The van der Waals surface area contributed by atoms with Gasteiger partial charge in [-0.3, -0.25) is 13.9 Å². The van der Waals surface area contributed by atoms with Crippen LogP contribution in [0.4, 0.5) is 0 Å². The first-order valence-electron chi connectivity index (χ1n) is 1.89. The van der Waals surface area contributed by atoms with Gasteiger partial charge < -0.3 is 5.73 Å². The minimum absolute atomic E-state index is 0.481. The van der Waals surface area contributed by atoms with Crippen molar-refractivity contribution in [3.8, 4) is 0 Å². The van der Waals surface area contributed by atoms with E-state index in [1.165, 1.54) is 0 Å². The van der Waals surface area contributed by atoms with Crippen LogP contribution >= 0.6 is 0 Å². The van der Waals surface area contributed by atoms with E-state index in [0.717, 1.165) is 6.08 Å². The van der Waals surface area contributed by atoms with Crippen molar-refractivity contribution >= 4 is 16.3 Å². The normalized spacial score (nSPS) is 9.00.